The van der Waals surface area contributed by atoms with Gasteiger partial charge >= 0.3 is 0 Å². The Morgan fingerprint density at radius 3 is 3.00 bits per heavy atom. The van der Waals surface area contributed by atoms with E-state index in [9.17, 15) is 9.59 Å². The lowest BCUT2D eigenvalue weighted by Crippen LogP contribution is -2.18. The second kappa shape index (κ2) is 6.51. The van der Waals surface area contributed by atoms with Gasteiger partial charge in [-0.3, -0.25) is 4.79 Å². The van der Waals surface area contributed by atoms with Crippen LogP contribution in [-0.2, 0) is 14.3 Å². The molecule has 0 amide bonds. The van der Waals surface area contributed by atoms with E-state index in [2.05, 4.69) is 0 Å². The van der Waals surface area contributed by atoms with E-state index in [1.54, 1.807) is 6.92 Å². The van der Waals surface area contributed by atoms with Crippen molar-refractivity contribution in [3.05, 3.63) is 11.6 Å². The number of unbranched alkanes of at least 4 members (excludes halogenated alkanes) is 1. The molecule has 0 spiro atoms. The monoisotopic (exact) mass is 210 g/mol. The number of Topliss-reactive ketones (excluding diaryl/α,β-unsaturated/α-hetero) is 1. The molecule has 1 rings (SSSR count). The molecule has 0 aromatic carbocycles. The minimum Gasteiger partial charge on any atom is -0.378 e. The molecule has 0 saturated heterocycles. The summed E-state index contributed by atoms with van der Waals surface area (Å²) >= 11 is 0. The SMILES string of the molecule is CC(=O)C1=CCC(OCCCC=O)CC1. The minimum atomic E-state index is 0.175. The summed E-state index contributed by atoms with van der Waals surface area (Å²) in [5.74, 6) is 0.175. The molecule has 0 N–H and O–H groups in total. The van der Waals surface area contributed by atoms with Gasteiger partial charge in [-0.2, -0.15) is 0 Å². The maximum absolute atomic E-state index is 11.1. The smallest absolute Gasteiger partial charge is 0.155 e. The van der Waals surface area contributed by atoms with E-state index in [0.29, 0.717) is 13.0 Å². The third-order valence-corrected chi connectivity index (χ3v) is 2.63. The third kappa shape index (κ3) is 4.38. The fourth-order valence-electron chi connectivity index (χ4n) is 1.70. The predicted octanol–water partition coefficient (Wildman–Crippen LogP) is 2.05. The van der Waals surface area contributed by atoms with Gasteiger partial charge in [0.25, 0.3) is 0 Å². The van der Waals surface area contributed by atoms with E-state index in [1.807, 2.05) is 6.08 Å². The van der Waals surface area contributed by atoms with Crippen LogP contribution in [0.4, 0.5) is 0 Å². The number of carbonyl (C=O) groups excluding carboxylic acids is 2. The van der Waals surface area contributed by atoms with Gasteiger partial charge in [0.1, 0.15) is 6.29 Å². The van der Waals surface area contributed by atoms with Gasteiger partial charge in [0.15, 0.2) is 5.78 Å². The first-order valence-corrected chi connectivity index (χ1v) is 5.49. The van der Waals surface area contributed by atoms with Crippen molar-refractivity contribution < 1.29 is 14.3 Å². The van der Waals surface area contributed by atoms with Crippen molar-refractivity contribution in [1.82, 2.24) is 0 Å². The van der Waals surface area contributed by atoms with E-state index in [1.165, 1.54) is 0 Å². The summed E-state index contributed by atoms with van der Waals surface area (Å²) in [7, 11) is 0. The zero-order valence-corrected chi connectivity index (χ0v) is 9.20. The quantitative estimate of drug-likeness (QED) is 0.498. The first-order chi connectivity index (χ1) is 7.24. The highest BCUT2D eigenvalue weighted by Gasteiger charge is 2.16. The molecule has 0 bridgehead atoms. The average molecular weight is 210 g/mol. The minimum absolute atomic E-state index is 0.175. The molecule has 0 fully saturated rings. The largest absolute Gasteiger partial charge is 0.378 e. The molecule has 1 aliphatic carbocycles. The number of hydrogen-bond acceptors (Lipinski definition) is 3. The predicted molar refractivity (Wildman–Crippen MR) is 57.7 cm³/mol. The number of hydrogen-bond donors (Lipinski definition) is 0. The lowest BCUT2D eigenvalue weighted by Gasteiger charge is -2.21. The summed E-state index contributed by atoms with van der Waals surface area (Å²) in [5, 5.41) is 0. The van der Waals surface area contributed by atoms with Gasteiger partial charge in [0.05, 0.1) is 6.10 Å². The molecule has 3 nitrogen and oxygen atoms in total. The molecule has 0 radical (unpaired) electrons. The first kappa shape index (κ1) is 12.1. The van der Waals surface area contributed by atoms with Crippen LogP contribution in [0.2, 0.25) is 0 Å². The Balaban J connectivity index is 2.19. The lowest BCUT2D eigenvalue weighted by molar-refractivity contribution is -0.114. The van der Waals surface area contributed by atoms with Gasteiger partial charge in [-0.25, -0.2) is 0 Å². The fraction of sp³-hybridized carbons (Fsp3) is 0.667. The van der Waals surface area contributed by atoms with E-state index >= 15 is 0 Å². The van der Waals surface area contributed by atoms with Gasteiger partial charge in [-0.05, 0) is 38.2 Å². The van der Waals surface area contributed by atoms with Crippen molar-refractivity contribution in [3.8, 4) is 0 Å². The van der Waals surface area contributed by atoms with E-state index in [4.69, 9.17) is 4.74 Å². The lowest BCUT2D eigenvalue weighted by atomic mass is 9.95. The summed E-state index contributed by atoms with van der Waals surface area (Å²) in [6.45, 7) is 2.25. The Labute approximate surface area is 90.5 Å². The van der Waals surface area contributed by atoms with Crippen LogP contribution in [0.5, 0.6) is 0 Å². The molecular weight excluding hydrogens is 192 g/mol. The Bertz CT molecular complexity index is 256. The van der Waals surface area contributed by atoms with Crippen molar-refractivity contribution in [1.29, 1.82) is 0 Å². The van der Waals surface area contributed by atoms with Crippen molar-refractivity contribution in [2.24, 2.45) is 0 Å². The van der Waals surface area contributed by atoms with Crippen LogP contribution in [-0.4, -0.2) is 24.8 Å². The highest BCUT2D eigenvalue weighted by molar-refractivity contribution is 5.93. The van der Waals surface area contributed by atoms with Crippen molar-refractivity contribution >= 4 is 12.1 Å². The molecule has 3 heteroatoms. The number of carbonyl (C=O) groups is 2. The number of aldehydes is 1. The second-order valence-corrected chi connectivity index (χ2v) is 3.86. The zero-order valence-electron chi connectivity index (χ0n) is 9.20. The first-order valence-electron chi connectivity index (χ1n) is 5.49. The van der Waals surface area contributed by atoms with Gasteiger partial charge in [0.2, 0.25) is 0 Å². The maximum atomic E-state index is 11.1. The average Bonchev–Trinajstić information content (AvgIpc) is 2.25. The van der Waals surface area contributed by atoms with E-state index < -0.39 is 0 Å². The standard InChI is InChI=1S/C12H18O3/c1-10(14)11-4-6-12(7-5-11)15-9-3-2-8-13/h4,8,12H,2-3,5-7,9H2,1H3. The molecule has 1 atom stereocenters. The highest BCUT2D eigenvalue weighted by atomic mass is 16.5. The fourth-order valence-corrected chi connectivity index (χ4v) is 1.70. The molecule has 0 heterocycles. The molecule has 0 aliphatic heterocycles. The molecule has 1 aliphatic rings. The third-order valence-electron chi connectivity index (χ3n) is 2.63. The number of ketones is 1. The van der Waals surface area contributed by atoms with Crippen LogP contribution >= 0.6 is 0 Å². The summed E-state index contributed by atoms with van der Waals surface area (Å²) in [6.07, 6.45) is 7.08. The van der Waals surface area contributed by atoms with Gasteiger partial charge < -0.3 is 9.53 Å². The Morgan fingerprint density at radius 2 is 2.47 bits per heavy atom. The van der Waals surface area contributed by atoms with E-state index in [-0.39, 0.29) is 11.9 Å². The van der Waals surface area contributed by atoms with Crippen LogP contribution < -0.4 is 0 Å². The molecule has 0 saturated carbocycles. The second-order valence-electron chi connectivity index (χ2n) is 3.86. The number of allylic oxidation sites excluding steroid dienone is 1. The van der Waals surface area contributed by atoms with Gasteiger partial charge in [-0.1, -0.05) is 6.08 Å². The Morgan fingerprint density at radius 1 is 1.67 bits per heavy atom. The number of rotatable bonds is 6. The molecular formula is C12H18O3. The molecule has 15 heavy (non-hydrogen) atoms. The van der Waals surface area contributed by atoms with Gasteiger partial charge in [0, 0.05) is 13.0 Å². The van der Waals surface area contributed by atoms with Crippen molar-refractivity contribution in [3.63, 3.8) is 0 Å². The molecule has 0 aromatic heterocycles. The van der Waals surface area contributed by atoms with Crippen LogP contribution in [0, 0.1) is 0 Å². The Hall–Kier alpha value is -0.960. The molecule has 1 unspecified atom stereocenters. The Kier molecular flexibility index (Phi) is 5.26. The zero-order chi connectivity index (χ0) is 11.1. The van der Waals surface area contributed by atoms with Crippen LogP contribution in [0.25, 0.3) is 0 Å². The molecule has 84 valence electrons. The summed E-state index contributed by atoms with van der Waals surface area (Å²) in [6, 6.07) is 0. The topological polar surface area (TPSA) is 43.4 Å². The summed E-state index contributed by atoms with van der Waals surface area (Å²) < 4.78 is 5.60. The van der Waals surface area contributed by atoms with Gasteiger partial charge in [-0.15, -0.1) is 0 Å². The van der Waals surface area contributed by atoms with E-state index in [0.717, 1.165) is 37.5 Å². The highest BCUT2D eigenvalue weighted by Crippen LogP contribution is 2.21. The normalized spacial score (nSPS) is 20.9. The maximum Gasteiger partial charge on any atom is 0.155 e. The van der Waals surface area contributed by atoms with Crippen LogP contribution in [0.15, 0.2) is 11.6 Å². The number of ether oxygens (including phenoxy) is 1. The van der Waals surface area contributed by atoms with Crippen molar-refractivity contribution in [2.75, 3.05) is 6.61 Å². The molecule has 0 aromatic rings. The van der Waals surface area contributed by atoms with Crippen LogP contribution in [0.3, 0.4) is 0 Å². The summed E-state index contributed by atoms with van der Waals surface area (Å²) in [4.78, 5) is 21.1. The summed E-state index contributed by atoms with van der Waals surface area (Å²) in [5.41, 5.74) is 0.933. The van der Waals surface area contributed by atoms with Crippen LogP contribution in [0.1, 0.15) is 39.0 Å². The van der Waals surface area contributed by atoms with Crippen molar-refractivity contribution in [2.45, 2.75) is 45.1 Å².